The SMILES string of the molecule is CC(C)CNOCC=O. The lowest BCUT2D eigenvalue weighted by Gasteiger charge is -2.04. The third-order valence-corrected chi connectivity index (χ3v) is 0.745. The van der Waals surface area contributed by atoms with Crippen LogP contribution in [-0.4, -0.2) is 19.4 Å². The molecule has 0 aliphatic carbocycles. The molecule has 0 fully saturated rings. The molecule has 54 valence electrons. The van der Waals surface area contributed by atoms with Crippen molar-refractivity contribution in [1.82, 2.24) is 5.48 Å². The summed E-state index contributed by atoms with van der Waals surface area (Å²) in [6, 6.07) is 0. The van der Waals surface area contributed by atoms with Gasteiger partial charge in [-0.3, -0.25) is 4.84 Å². The number of aldehydes is 1. The van der Waals surface area contributed by atoms with E-state index in [4.69, 9.17) is 0 Å². The van der Waals surface area contributed by atoms with Crippen LogP contribution in [0, 0.1) is 5.92 Å². The van der Waals surface area contributed by atoms with Gasteiger partial charge in [0, 0.05) is 6.54 Å². The lowest BCUT2D eigenvalue weighted by molar-refractivity contribution is -0.114. The van der Waals surface area contributed by atoms with Gasteiger partial charge in [-0.05, 0) is 5.92 Å². The Morgan fingerprint density at radius 1 is 1.67 bits per heavy atom. The highest BCUT2D eigenvalue weighted by Gasteiger charge is 1.90. The summed E-state index contributed by atoms with van der Waals surface area (Å²) in [4.78, 5) is 14.4. The molecule has 3 heteroatoms. The summed E-state index contributed by atoms with van der Waals surface area (Å²) in [5, 5.41) is 0. The van der Waals surface area contributed by atoms with Crippen LogP contribution in [0.25, 0.3) is 0 Å². The predicted molar refractivity (Wildman–Crippen MR) is 34.9 cm³/mol. The molecule has 0 aliphatic rings. The monoisotopic (exact) mass is 131 g/mol. The smallest absolute Gasteiger partial charge is 0.147 e. The van der Waals surface area contributed by atoms with Crippen LogP contribution < -0.4 is 5.48 Å². The van der Waals surface area contributed by atoms with Crippen LogP contribution in [0.5, 0.6) is 0 Å². The van der Waals surface area contributed by atoms with Crippen molar-refractivity contribution in [2.45, 2.75) is 13.8 Å². The van der Waals surface area contributed by atoms with Crippen molar-refractivity contribution in [2.24, 2.45) is 5.92 Å². The summed E-state index contributed by atoms with van der Waals surface area (Å²) in [5.74, 6) is 0.552. The Labute approximate surface area is 55.3 Å². The number of carbonyl (C=O) groups is 1. The fraction of sp³-hybridized carbons (Fsp3) is 0.833. The van der Waals surface area contributed by atoms with E-state index in [0.717, 1.165) is 6.54 Å². The standard InChI is InChI=1S/C6H13NO2/c1-6(2)5-7-9-4-3-8/h3,6-7H,4-5H2,1-2H3. The van der Waals surface area contributed by atoms with E-state index >= 15 is 0 Å². The van der Waals surface area contributed by atoms with Gasteiger partial charge in [0.2, 0.25) is 0 Å². The Kier molecular flexibility index (Phi) is 5.46. The summed E-state index contributed by atoms with van der Waals surface area (Å²) >= 11 is 0. The molecule has 0 rings (SSSR count). The third-order valence-electron chi connectivity index (χ3n) is 0.745. The lowest BCUT2D eigenvalue weighted by atomic mass is 10.2. The number of nitrogens with one attached hydrogen (secondary N) is 1. The van der Waals surface area contributed by atoms with Crippen molar-refractivity contribution in [3.8, 4) is 0 Å². The maximum Gasteiger partial charge on any atom is 0.147 e. The molecular formula is C6H13NO2. The molecule has 0 aromatic heterocycles. The minimum atomic E-state index is 0.132. The molecule has 3 nitrogen and oxygen atoms in total. The van der Waals surface area contributed by atoms with Gasteiger partial charge >= 0.3 is 0 Å². The normalized spacial score (nSPS) is 10.1. The maximum absolute atomic E-state index is 9.68. The van der Waals surface area contributed by atoms with Crippen LogP contribution >= 0.6 is 0 Å². The molecule has 0 unspecified atom stereocenters. The number of rotatable bonds is 5. The summed E-state index contributed by atoms with van der Waals surface area (Å²) in [7, 11) is 0. The molecule has 9 heavy (non-hydrogen) atoms. The lowest BCUT2D eigenvalue weighted by Crippen LogP contribution is -2.20. The van der Waals surface area contributed by atoms with Crippen LogP contribution in [0.1, 0.15) is 13.8 Å². The van der Waals surface area contributed by atoms with Gasteiger partial charge in [0.25, 0.3) is 0 Å². The molecular weight excluding hydrogens is 118 g/mol. The minimum Gasteiger partial charge on any atom is -0.301 e. The van der Waals surface area contributed by atoms with Crippen molar-refractivity contribution in [2.75, 3.05) is 13.2 Å². The van der Waals surface area contributed by atoms with Crippen LogP contribution in [0.3, 0.4) is 0 Å². The molecule has 1 N–H and O–H groups in total. The van der Waals surface area contributed by atoms with E-state index in [2.05, 4.69) is 24.2 Å². The summed E-state index contributed by atoms with van der Waals surface area (Å²) in [6.45, 7) is 5.05. The molecule has 0 bridgehead atoms. The van der Waals surface area contributed by atoms with Gasteiger partial charge in [-0.2, -0.15) is 0 Å². The predicted octanol–water partition coefficient (Wildman–Crippen LogP) is 0.362. The largest absolute Gasteiger partial charge is 0.301 e. The highest BCUT2D eigenvalue weighted by molar-refractivity contribution is 5.50. The van der Waals surface area contributed by atoms with Gasteiger partial charge in [-0.25, -0.2) is 5.48 Å². The summed E-state index contributed by atoms with van der Waals surface area (Å²) in [6.07, 6.45) is 0.716. The first kappa shape index (κ1) is 8.59. The van der Waals surface area contributed by atoms with Crippen molar-refractivity contribution in [3.05, 3.63) is 0 Å². The summed E-state index contributed by atoms with van der Waals surface area (Å²) in [5.41, 5.74) is 2.65. The second-order valence-corrected chi connectivity index (χ2v) is 2.22. The highest BCUT2D eigenvalue weighted by atomic mass is 16.6. The molecule has 0 aromatic carbocycles. The molecule has 0 saturated carbocycles. The number of hydrogen-bond acceptors (Lipinski definition) is 3. The first-order valence-electron chi connectivity index (χ1n) is 3.05. The van der Waals surface area contributed by atoms with Gasteiger partial charge in [-0.15, -0.1) is 0 Å². The molecule has 0 aromatic rings. The van der Waals surface area contributed by atoms with E-state index in [1.165, 1.54) is 0 Å². The van der Waals surface area contributed by atoms with Gasteiger partial charge in [-0.1, -0.05) is 13.8 Å². The van der Waals surface area contributed by atoms with Crippen molar-refractivity contribution in [1.29, 1.82) is 0 Å². The zero-order valence-electron chi connectivity index (χ0n) is 5.89. The van der Waals surface area contributed by atoms with Crippen molar-refractivity contribution in [3.63, 3.8) is 0 Å². The Bertz CT molecular complexity index is 73.5. The Hall–Kier alpha value is -0.410. The number of carbonyl (C=O) groups excluding carboxylic acids is 1. The molecule has 0 spiro atoms. The Balaban J connectivity index is 2.82. The average Bonchev–Trinajstić information content (AvgIpc) is 1.80. The van der Waals surface area contributed by atoms with E-state index in [9.17, 15) is 4.79 Å². The highest BCUT2D eigenvalue weighted by Crippen LogP contribution is 1.85. The Morgan fingerprint density at radius 2 is 2.33 bits per heavy atom. The second-order valence-electron chi connectivity index (χ2n) is 2.22. The molecule has 0 aliphatic heterocycles. The Morgan fingerprint density at radius 3 is 2.78 bits per heavy atom. The fourth-order valence-corrected chi connectivity index (χ4v) is 0.319. The second kappa shape index (κ2) is 5.72. The van der Waals surface area contributed by atoms with E-state index in [0.29, 0.717) is 12.2 Å². The molecule has 0 amide bonds. The van der Waals surface area contributed by atoms with E-state index in [1.807, 2.05) is 0 Å². The average molecular weight is 131 g/mol. The van der Waals surface area contributed by atoms with Gasteiger partial charge < -0.3 is 4.79 Å². The molecule has 0 radical (unpaired) electrons. The van der Waals surface area contributed by atoms with Crippen LogP contribution in [0.2, 0.25) is 0 Å². The number of hydroxylamine groups is 1. The van der Waals surface area contributed by atoms with E-state index < -0.39 is 0 Å². The van der Waals surface area contributed by atoms with Crippen LogP contribution in [0.4, 0.5) is 0 Å². The van der Waals surface area contributed by atoms with Crippen LogP contribution in [-0.2, 0) is 9.63 Å². The first-order chi connectivity index (χ1) is 4.27. The molecule has 0 atom stereocenters. The third kappa shape index (κ3) is 7.59. The maximum atomic E-state index is 9.68. The molecule has 0 saturated heterocycles. The van der Waals surface area contributed by atoms with Crippen molar-refractivity contribution < 1.29 is 9.63 Å². The number of hydrogen-bond donors (Lipinski definition) is 1. The van der Waals surface area contributed by atoms with E-state index in [-0.39, 0.29) is 6.61 Å². The van der Waals surface area contributed by atoms with E-state index in [1.54, 1.807) is 0 Å². The van der Waals surface area contributed by atoms with Gasteiger partial charge in [0.05, 0.1) is 0 Å². The van der Waals surface area contributed by atoms with Crippen molar-refractivity contribution >= 4 is 6.29 Å². The quantitative estimate of drug-likeness (QED) is 0.332. The van der Waals surface area contributed by atoms with Gasteiger partial charge in [0.15, 0.2) is 0 Å². The fourth-order valence-electron chi connectivity index (χ4n) is 0.319. The zero-order chi connectivity index (χ0) is 7.11. The van der Waals surface area contributed by atoms with Gasteiger partial charge in [0.1, 0.15) is 12.9 Å². The zero-order valence-corrected chi connectivity index (χ0v) is 5.89. The summed E-state index contributed by atoms with van der Waals surface area (Å²) < 4.78 is 0. The van der Waals surface area contributed by atoms with Crippen LogP contribution in [0.15, 0.2) is 0 Å². The first-order valence-corrected chi connectivity index (χ1v) is 3.05. The molecule has 0 heterocycles. The minimum absolute atomic E-state index is 0.132. The topological polar surface area (TPSA) is 38.3 Å².